The van der Waals surface area contributed by atoms with Crippen LogP contribution in [0.4, 0.5) is 0 Å². The third-order valence-corrected chi connectivity index (χ3v) is 2.18. The van der Waals surface area contributed by atoms with Crippen LogP contribution in [0.5, 0.6) is 0 Å². The lowest BCUT2D eigenvalue weighted by atomic mass is 10.3. The molecular formula is C11H18N4O2. The van der Waals surface area contributed by atoms with E-state index in [1.807, 2.05) is 6.92 Å². The number of aromatic nitrogens is 2. The van der Waals surface area contributed by atoms with Gasteiger partial charge in [0.15, 0.2) is 0 Å². The molecule has 1 aromatic rings. The van der Waals surface area contributed by atoms with E-state index in [4.69, 9.17) is 0 Å². The molecule has 2 N–H and O–H groups in total. The van der Waals surface area contributed by atoms with Crippen molar-refractivity contribution in [1.29, 1.82) is 0 Å². The highest BCUT2D eigenvalue weighted by molar-refractivity contribution is 5.93. The molecule has 0 unspecified atom stereocenters. The molecule has 0 aliphatic rings. The first kappa shape index (κ1) is 13.2. The first-order valence-electron chi connectivity index (χ1n) is 5.67. The van der Waals surface area contributed by atoms with Crippen molar-refractivity contribution in [1.82, 2.24) is 20.4 Å². The molecule has 94 valence electrons. The van der Waals surface area contributed by atoms with Gasteiger partial charge in [0.2, 0.25) is 5.91 Å². The maximum absolute atomic E-state index is 11.6. The van der Waals surface area contributed by atoms with Gasteiger partial charge in [0, 0.05) is 32.8 Å². The molecule has 0 aromatic carbocycles. The van der Waals surface area contributed by atoms with Crippen LogP contribution in [0.2, 0.25) is 0 Å². The average molecular weight is 238 g/mol. The van der Waals surface area contributed by atoms with Gasteiger partial charge >= 0.3 is 0 Å². The number of aryl methyl sites for hydroxylation is 1. The molecule has 0 bridgehead atoms. The molecular weight excluding hydrogens is 220 g/mol. The Balaban J connectivity index is 2.23. The summed E-state index contributed by atoms with van der Waals surface area (Å²) in [5.41, 5.74) is 0.501. The molecule has 1 rings (SSSR count). The standard InChI is InChI=1S/C11H18N4O2/c1-3-5-12-10(16)4-6-13-11(17)9-7-14-15(2)8-9/h7-8H,3-6H2,1-2H3,(H,12,16)(H,13,17). The molecule has 6 heteroatoms. The summed E-state index contributed by atoms with van der Waals surface area (Å²) in [6, 6.07) is 0. The van der Waals surface area contributed by atoms with Gasteiger partial charge in [-0.15, -0.1) is 0 Å². The van der Waals surface area contributed by atoms with E-state index in [9.17, 15) is 9.59 Å². The second kappa shape index (κ2) is 6.67. The van der Waals surface area contributed by atoms with E-state index in [2.05, 4.69) is 15.7 Å². The lowest BCUT2D eigenvalue weighted by Gasteiger charge is -2.04. The fourth-order valence-corrected chi connectivity index (χ4v) is 1.28. The van der Waals surface area contributed by atoms with Crippen LogP contribution in [0.3, 0.4) is 0 Å². The van der Waals surface area contributed by atoms with Gasteiger partial charge in [-0.1, -0.05) is 6.92 Å². The number of hydrogen-bond donors (Lipinski definition) is 2. The summed E-state index contributed by atoms with van der Waals surface area (Å²) in [5.74, 6) is -0.250. The van der Waals surface area contributed by atoms with E-state index in [-0.39, 0.29) is 11.8 Å². The highest BCUT2D eigenvalue weighted by Crippen LogP contribution is 1.95. The fourth-order valence-electron chi connectivity index (χ4n) is 1.28. The van der Waals surface area contributed by atoms with Crippen molar-refractivity contribution >= 4 is 11.8 Å². The Morgan fingerprint density at radius 2 is 2.12 bits per heavy atom. The van der Waals surface area contributed by atoms with Crippen molar-refractivity contribution in [2.75, 3.05) is 13.1 Å². The molecule has 0 fully saturated rings. The summed E-state index contributed by atoms with van der Waals surface area (Å²) in [7, 11) is 1.75. The fraction of sp³-hybridized carbons (Fsp3) is 0.545. The molecule has 0 atom stereocenters. The normalized spacial score (nSPS) is 10.0. The SMILES string of the molecule is CCCNC(=O)CCNC(=O)c1cnn(C)c1. The van der Waals surface area contributed by atoms with Gasteiger partial charge in [-0.3, -0.25) is 14.3 Å². The van der Waals surface area contributed by atoms with Crippen molar-refractivity contribution in [2.45, 2.75) is 19.8 Å². The Kier molecular flexibility index (Phi) is 5.19. The van der Waals surface area contributed by atoms with Crippen LogP contribution in [0, 0.1) is 0 Å². The quantitative estimate of drug-likeness (QED) is 0.736. The highest BCUT2D eigenvalue weighted by Gasteiger charge is 2.07. The molecule has 0 radical (unpaired) electrons. The summed E-state index contributed by atoms with van der Waals surface area (Å²) >= 11 is 0. The second-order valence-electron chi connectivity index (χ2n) is 3.76. The zero-order valence-corrected chi connectivity index (χ0v) is 10.2. The van der Waals surface area contributed by atoms with Crippen molar-refractivity contribution in [3.05, 3.63) is 18.0 Å². The lowest BCUT2D eigenvalue weighted by molar-refractivity contribution is -0.120. The molecule has 0 aliphatic carbocycles. The molecule has 17 heavy (non-hydrogen) atoms. The van der Waals surface area contributed by atoms with Gasteiger partial charge in [-0.25, -0.2) is 0 Å². The summed E-state index contributed by atoms with van der Waals surface area (Å²) in [5, 5.41) is 9.31. The van der Waals surface area contributed by atoms with Gasteiger partial charge in [0.05, 0.1) is 11.8 Å². The summed E-state index contributed by atoms with van der Waals surface area (Å²) in [6.45, 7) is 3.00. The van der Waals surface area contributed by atoms with Gasteiger partial charge in [0.25, 0.3) is 5.91 Å². The first-order valence-corrected chi connectivity index (χ1v) is 5.67. The monoisotopic (exact) mass is 238 g/mol. The maximum atomic E-state index is 11.6. The van der Waals surface area contributed by atoms with Gasteiger partial charge in [-0.2, -0.15) is 5.10 Å². The second-order valence-corrected chi connectivity index (χ2v) is 3.76. The topological polar surface area (TPSA) is 76.0 Å². The molecule has 6 nitrogen and oxygen atoms in total. The van der Waals surface area contributed by atoms with E-state index in [1.54, 1.807) is 17.9 Å². The minimum Gasteiger partial charge on any atom is -0.356 e. The number of carbonyl (C=O) groups excluding carboxylic acids is 2. The Morgan fingerprint density at radius 1 is 1.35 bits per heavy atom. The molecule has 0 aliphatic heterocycles. The smallest absolute Gasteiger partial charge is 0.254 e. The van der Waals surface area contributed by atoms with Gasteiger partial charge in [-0.05, 0) is 6.42 Å². The van der Waals surface area contributed by atoms with E-state index < -0.39 is 0 Å². The van der Waals surface area contributed by atoms with E-state index in [1.165, 1.54) is 6.20 Å². The third-order valence-electron chi connectivity index (χ3n) is 2.18. The minimum absolute atomic E-state index is 0.0432. The Labute approximate surface area is 100 Å². The van der Waals surface area contributed by atoms with Crippen molar-refractivity contribution in [2.24, 2.45) is 7.05 Å². The Morgan fingerprint density at radius 3 is 2.71 bits per heavy atom. The van der Waals surface area contributed by atoms with Crippen molar-refractivity contribution < 1.29 is 9.59 Å². The Hall–Kier alpha value is -1.85. The summed E-state index contributed by atoms with van der Waals surface area (Å²) in [4.78, 5) is 22.8. The molecule has 0 saturated heterocycles. The zero-order chi connectivity index (χ0) is 12.7. The van der Waals surface area contributed by atoms with Gasteiger partial charge in [0.1, 0.15) is 0 Å². The van der Waals surface area contributed by atoms with Crippen molar-refractivity contribution in [3.8, 4) is 0 Å². The van der Waals surface area contributed by atoms with Crippen LogP contribution in [0.25, 0.3) is 0 Å². The van der Waals surface area contributed by atoms with Crippen LogP contribution in [-0.4, -0.2) is 34.7 Å². The van der Waals surface area contributed by atoms with Crippen LogP contribution in [-0.2, 0) is 11.8 Å². The molecule has 0 spiro atoms. The van der Waals surface area contributed by atoms with E-state index in [0.717, 1.165) is 6.42 Å². The number of hydrogen-bond acceptors (Lipinski definition) is 3. The minimum atomic E-state index is -0.207. The molecule has 2 amide bonds. The van der Waals surface area contributed by atoms with Gasteiger partial charge < -0.3 is 10.6 Å². The Bertz CT molecular complexity index is 387. The number of nitrogens with zero attached hydrogens (tertiary/aromatic N) is 2. The summed E-state index contributed by atoms with van der Waals surface area (Å²) < 4.78 is 1.56. The maximum Gasteiger partial charge on any atom is 0.254 e. The molecule has 1 aromatic heterocycles. The van der Waals surface area contributed by atoms with Crippen molar-refractivity contribution in [3.63, 3.8) is 0 Å². The van der Waals surface area contributed by atoms with E-state index >= 15 is 0 Å². The van der Waals surface area contributed by atoms with Crippen LogP contribution < -0.4 is 10.6 Å². The van der Waals surface area contributed by atoms with Crippen LogP contribution in [0.15, 0.2) is 12.4 Å². The number of nitrogens with one attached hydrogen (secondary N) is 2. The molecule has 0 saturated carbocycles. The summed E-state index contributed by atoms with van der Waals surface area (Å²) in [6.07, 6.45) is 4.33. The predicted molar refractivity (Wildman–Crippen MR) is 63.5 cm³/mol. The van der Waals surface area contributed by atoms with Crippen LogP contribution in [0.1, 0.15) is 30.1 Å². The molecule has 1 heterocycles. The van der Waals surface area contributed by atoms with Crippen LogP contribution >= 0.6 is 0 Å². The number of carbonyl (C=O) groups is 2. The lowest BCUT2D eigenvalue weighted by Crippen LogP contribution is -2.30. The average Bonchev–Trinajstić information content (AvgIpc) is 2.73. The third kappa shape index (κ3) is 4.67. The van der Waals surface area contributed by atoms with E-state index in [0.29, 0.717) is 25.1 Å². The number of amides is 2. The number of rotatable bonds is 6. The highest BCUT2D eigenvalue weighted by atomic mass is 16.2. The predicted octanol–water partition coefficient (Wildman–Crippen LogP) is 0.0662. The zero-order valence-electron chi connectivity index (χ0n) is 10.2. The largest absolute Gasteiger partial charge is 0.356 e. The first-order chi connectivity index (χ1) is 8.13.